The number of carbonyl (C=O) groups excluding carboxylic acids is 2. The third kappa shape index (κ3) is 6.17. The number of esters is 1. The maximum absolute atomic E-state index is 15.2. The van der Waals surface area contributed by atoms with Gasteiger partial charge in [0.15, 0.2) is 0 Å². The second-order valence-electron chi connectivity index (χ2n) is 14.6. The summed E-state index contributed by atoms with van der Waals surface area (Å²) in [6.07, 6.45) is 1.27. The first-order valence-corrected chi connectivity index (χ1v) is 18.8. The summed E-state index contributed by atoms with van der Waals surface area (Å²) >= 11 is 13.5. The summed E-state index contributed by atoms with van der Waals surface area (Å²) in [5, 5.41) is 7.91. The first kappa shape index (κ1) is 36.6. The zero-order chi connectivity index (χ0) is 38.0. The van der Waals surface area contributed by atoms with E-state index in [0.29, 0.717) is 47.9 Å². The van der Waals surface area contributed by atoms with E-state index in [4.69, 9.17) is 37.8 Å². The summed E-state index contributed by atoms with van der Waals surface area (Å²) in [5.41, 5.74) is 11.0. The van der Waals surface area contributed by atoms with E-state index in [0.717, 1.165) is 77.5 Å². The first-order valence-electron chi connectivity index (χ1n) is 18.0. The number of halogens is 2. The van der Waals surface area contributed by atoms with Crippen LogP contribution in [0, 0.1) is 27.7 Å². The number of aryl methyl sites for hydroxylation is 5. The van der Waals surface area contributed by atoms with Gasteiger partial charge in [-0.1, -0.05) is 43.1 Å². The molecule has 1 amide bonds. The predicted molar refractivity (Wildman–Crippen MR) is 213 cm³/mol. The summed E-state index contributed by atoms with van der Waals surface area (Å²) in [5.74, 6) is 0.387. The Hall–Kier alpha value is -4.73. The summed E-state index contributed by atoms with van der Waals surface area (Å²) < 4.78 is 15.4. The Kier molecular flexibility index (Phi) is 9.62. The minimum atomic E-state index is -0.462. The maximum Gasteiger partial charge on any atom is 0.354 e. The SMILES string of the molecule is COC(=O)c1cc2cc(C(C)C)cc(N3C[C@@H](C)n4c(c(CCCOc5cc(C)c(Cl)c(C)c5)c5ccc(Cl)c(-c6c(C)nn(C)c6C)c54)C3=O)c2[nH]1. The fraction of sp³-hybridized carbons (Fsp3) is 0.357. The smallest absolute Gasteiger partial charge is 0.354 e. The highest BCUT2D eigenvalue weighted by Crippen LogP contribution is 2.46. The molecule has 3 aromatic carbocycles. The van der Waals surface area contributed by atoms with Gasteiger partial charge in [-0.25, -0.2) is 4.79 Å². The number of nitrogens with one attached hydrogen (secondary N) is 1. The van der Waals surface area contributed by atoms with E-state index in [2.05, 4.69) is 42.5 Å². The number of nitrogens with zero attached hydrogens (tertiary/aromatic N) is 4. The lowest BCUT2D eigenvalue weighted by Crippen LogP contribution is -2.43. The van der Waals surface area contributed by atoms with Gasteiger partial charge in [0.25, 0.3) is 5.91 Å². The monoisotopic (exact) mass is 753 g/mol. The molecule has 11 heteroatoms. The number of hydrogen-bond acceptors (Lipinski definition) is 5. The zero-order valence-electron chi connectivity index (χ0n) is 31.7. The average Bonchev–Trinajstić information content (AvgIpc) is 3.78. The van der Waals surface area contributed by atoms with Crippen LogP contribution in [0.3, 0.4) is 0 Å². The second-order valence-corrected chi connectivity index (χ2v) is 15.4. The molecule has 0 aliphatic carbocycles. The number of benzene rings is 3. The molecule has 9 nitrogen and oxygen atoms in total. The van der Waals surface area contributed by atoms with Crippen molar-refractivity contribution >= 4 is 62.6 Å². The van der Waals surface area contributed by atoms with Gasteiger partial charge in [-0.15, -0.1) is 0 Å². The van der Waals surface area contributed by atoms with Gasteiger partial charge < -0.3 is 23.9 Å². The molecule has 1 aliphatic heterocycles. The Morgan fingerprint density at radius 3 is 2.40 bits per heavy atom. The molecule has 276 valence electrons. The van der Waals surface area contributed by atoms with Gasteiger partial charge in [0.05, 0.1) is 41.2 Å². The van der Waals surface area contributed by atoms with Gasteiger partial charge in [0, 0.05) is 52.3 Å². The molecule has 0 fully saturated rings. The molecule has 4 heterocycles. The van der Waals surface area contributed by atoms with Crippen LogP contribution in [-0.2, 0) is 18.2 Å². The predicted octanol–water partition coefficient (Wildman–Crippen LogP) is 10.2. The van der Waals surface area contributed by atoms with E-state index < -0.39 is 5.97 Å². The number of H-pyrrole nitrogens is 1. The highest BCUT2D eigenvalue weighted by Gasteiger charge is 2.37. The number of amides is 1. The molecular weight excluding hydrogens is 709 g/mol. The number of anilines is 1. The molecule has 1 atom stereocenters. The zero-order valence-corrected chi connectivity index (χ0v) is 33.2. The number of fused-ring (bicyclic) bond motifs is 4. The molecule has 0 radical (unpaired) electrons. The van der Waals surface area contributed by atoms with Gasteiger partial charge in [-0.3, -0.25) is 9.48 Å². The highest BCUT2D eigenvalue weighted by atomic mass is 35.5. The molecule has 0 saturated heterocycles. The molecule has 1 N–H and O–H groups in total. The molecule has 3 aromatic heterocycles. The molecule has 0 bridgehead atoms. The minimum Gasteiger partial charge on any atom is -0.494 e. The lowest BCUT2D eigenvalue weighted by atomic mass is 9.98. The summed E-state index contributed by atoms with van der Waals surface area (Å²) in [4.78, 5) is 33.0. The molecule has 0 unspecified atom stereocenters. The summed E-state index contributed by atoms with van der Waals surface area (Å²) in [6.45, 7) is 15.3. The molecule has 6 aromatic rings. The van der Waals surface area contributed by atoms with Crippen molar-refractivity contribution in [1.29, 1.82) is 0 Å². The topological polar surface area (TPSA) is 94.4 Å². The molecule has 0 spiro atoms. The van der Waals surface area contributed by atoms with E-state index in [1.807, 2.05) is 68.6 Å². The van der Waals surface area contributed by atoms with Gasteiger partial charge in [-0.05, 0) is 112 Å². The van der Waals surface area contributed by atoms with Crippen molar-refractivity contribution in [1.82, 2.24) is 19.3 Å². The Morgan fingerprint density at radius 2 is 1.75 bits per heavy atom. The third-order valence-electron chi connectivity index (χ3n) is 10.7. The standard InChI is InChI=1S/C42H45Cl2N5O4/c1-21(2)27-17-28-18-33(42(51)52-9)45-38(28)34(19-27)48-20-24(5)49-39-31(12-13-32(43)36(39)35-25(6)46-47(8)26(35)7)30(40(49)41(48)50)11-10-14-53-29-15-22(3)37(44)23(4)16-29/h12-13,15-19,21,24,45H,10-11,14,20H2,1-9H3/t24-/m1/s1. The quantitative estimate of drug-likeness (QED) is 0.117. The van der Waals surface area contributed by atoms with Crippen LogP contribution in [0.4, 0.5) is 5.69 Å². The van der Waals surface area contributed by atoms with Crippen LogP contribution in [0.5, 0.6) is 5.75 Å². The van der Waals surface area contributed by atoms with E-state index >= 15 is 4.79 Å². The van der Waals surface area contributed by atoms with Crippen molar-refractivity contribution in [3.63, 3.8) is 0 Å². The van der Waals surface area contributed by atoms with E-state index in [9.17, 15) is 4.79 Å². The van der Waals surface area contributed by atoms with Gasteiger partial charge in [-0.2, -0.15) is 5.10 Å². The second kappa shape index (κ2) is 13.9. The Balaban J connectivity index is 1.39. The third-order valence-corrected chi connectivity index (χ3v) is 11.6. The van der Waals surface area contributed by atoms with Gasteiger partial charge >= 0.3 is 5.97 Å². The normalized spacial score (nSPS) is 14.5. The number of rotatable bonds is 9. The maximum atomic E-state index is 15.2. The Morgan fingerprint density at radius 1 is 1.04 bits per heavy atom. The highest BCUT2D eigenvalue weighted by molar-refractivity contribution is 6.35. The van der Waals surface area contributed by atoms with E-state index in [1.165, 1.54) is 7.11 Å². The first-order chi connectivity index (χ1) is 25.2. The molecule has 53 heavy (non-hydrogen) atoms. The molecular formula is C42H45Cl2N5O4. The summed E-state index contributed by atoms with van der Waals surface area (Å²) in [6, 6.07) is 13.7. The number of methoxy groups -OCH3 is 1. The molecule has 1 aliphatic rings. The van der Waals surface area contributed by atoms with Crippen LogP contribution >= 0.6 is 23.2 Å². The van der Waals surface area contributed by atoms with Crippen LogP contribution in [-0.4, -0.2) is 51.5 Å². The van der Waals surface area contributed by atoms with Crippen molar-refractivity contribution in [2.75, 3.05) is 25.2 Å². The van der Waals surface area contributed by atoms with E-state index in [-0.39, 0.29) is 17.9 Å². The van der Waals surface area contributed by atoms with Crippen LogP contribution in [0.1, 0.15) is 93.8 Å². The van der Waals surface area contributed by atoms with Crippen LogP contribution < -0.4 is 9.64 Å². The Bertz CT molecular complexity index is 2430. The fourth-order valence-electron chi connectivity index (χ4n) is 7.95. The van der Waals surface area contributed by atoms with Gasteiger partial charge in [0.2, 0.25) is 0 Å². The number of aromatic amines is 1. The minimum absolute atomic E-state index is 0.114. The van der Waals surface area contributed by atoms with Crippen molar-refractivity contribution in [3.05, 3.63) is 97.5 Å². The fourth-order valence-corrected chi connectivity index (χ4v) is 8.31. The number of ether oxygens (including phenoxy) is 2. The van der Waals surface area contributed by atoms with Crippen LogP contribution in [0.15, 0.2) is 42.5 Å². The lowest BCUT2D eigenvalue weighted by Gasteiger charge is -2.35. The van der Waals surface area contributed by atoms with Crippen molar-refractivity contribution in [2.24, 2.45) is 7.05 Å². The summed E-state index contributed by atoms with van der Waals surface area (Å²) in [7, 11) is 3.30. The number of aromatic nitrogens is 4. The number of hydrogen-bond donors (Lipinski definition) is 1. The van der Waals surface area contributed by atoms with Gasteiger partial charge in [0.1, 0.15) is 17.1 Å². The largest absolute Gasteiger partial charge is 0.494 e. The number of carbonyl (C=O) groups is 2. The van der Waals surface area contributed by atoms with Crippen molar-refractivity contribution in [3.8, 4) is 16.9 Å². The molecule has 0 saturated carbocycles. The lowest BCUT2D eigenvalue weighted by molar-refractivity contribution is 0.0595. The van der Waals surface area contributed by atoms with Crippen LogP contribution in [0.25, 0.3) is 32.9 Å². The van der Waals surface area contributed by atoms with Crippen molar-refractivity contribution < 1.29 is 19.1 Å². The average molecular weight is 755 g/mol. The Labute approximate surface area is 319 Å². The van der Waals surface area contributed by atoms with Crippen molar-refractivity contribution in [2.45, 2.75) is 73.3 Å². The molecule has 7 rings (SSSR count). The van der Waals surface area contributed by atoms with Crippen LogP contribution in [0.2, 0.25) is 10.0 Å². The van der Waals surface area contributed by atoms with E-state index in [1.54, 1.807) is 6.07 Å².